The van der Waals surface area contributed by atoms with Gasteiger partial charge in [0.25, 0.3) is 0 Å². The average molecular weight is 360 g/mol. The van der Waals surface area contributed by atoms with E-state index >= 15 is 0 Å². The highest BCUT2D eigenvalue weighted by Crippen LogP contribution is 2.31. The SMILES string of the molecule is O=[P+](OS(=O)(=O)c1ccccc1Br)c1ccccc1. The molecule has 7 heteroatoms. The zero-order valence-electron chi connectivity index (χ0n) is 9.56. The summed E-state index contributed by atoms with van der Waals surface area (Å²) in [5, 5.41) is 0.327. The standard InChI is InChI=1S/C12H9BrO4PS/c13-11-8-4-5-9-12(11)19(15,16)17-18(14)10-6-2-1-3-7-10/h1-9H/q+1. The molecule has 0 saturated carbocycles. The molecule has 0 aromatic heterocycles. The number of rotatable bonds is 4. The van der Waals surface area contributed by atoms with Crippen molar-refractivity contribution in [3.63, 3.8) is 0 Å². The Hall–Kier alpha value is -1.07. The molecular formula is C12H9BrO4PS+. The van der Waals surface area contributed by atoms with E-state index in [1.807, 2.05) is 0 Å². The smallest absolute Gasteiger partial charge is 0.190 e. The van der Waals surface area contributed by atoms with Gasteiger partial charge in [-0.1, -0.05) is 30.3 Å². The van der Waals surface area contributed by atoms with E-state index in [0.29, 0.717) is 9.78 Å². The molecule has 2 aromatic carbocycles. The van der Waals surface area contributed by atoms with Crippen LogP contribution in [0.25, 0.3) is 0 Å². The van der Waals surface area contributed by atoms with Crippen molar-refractivity contribution >= 4 is 39.4 Å². The van der Waals surface area contributed by atoms with Crippen molar-refractivity contribution in [1.82, 2.24) is 0 Å². The molecule has 0 aliphatic heterocycles. The number of hydrogen-bond donors (Lipinski definition) is 0. The van der Waals surface area contributed by atoms with Gasteiger partial charge in [0.05, 0.1) is 0 Å². The van der Waals surface area contributed by atoms with Gasteiger partial charge in [-0.3, -0.25) is 0 Å². The topological polar surface area (TPSA) is 60.4 Å². The van der Waals surface area contributed by atoms with Gasteiger partial charge in [-0.25, -0.2) is 0 Å². The largest absolute Gasteiger partial charge is 0.566 e. The highest BCUT2D eigenvalue weighted by molar-refractivity contribution is 9.10. The lowest BCUT2D eigenvalue weighted by atomic mass is 10.4. The van der Waals surface area contributed by atoms with Crippen LogP contribution >= 0.6 is 24.0 Å². The zero-order chi connectivity index (χ0) is 13.9. The van der Waals surface area contributed by atoms with Crippen molar-refractivity contribution in [1.29, 1.82) is 0 Å². The Morgan fingerprint density at radius 2 is 1.53 bits per heavy atom. The summed E-state index contributed by atoms with van der Waals surface area (Å²) >= 11 is 3.12. The van der Waals surface area contributed by atoms with Crippen LogP contribution in [0, 0.1) is 0 Å². The molecule has 0 fully saturated rings. The Bertz CT molecular complexity index is 701. The van der Waals surface area contributed by atoms with E-state index < -0.39 is 18.1 Å². The maximum absolute atomic E-state index is 12.0. The van der Waals surface area contributed by atoms with Gasteiger partial charge >= 0.3 is 18.1 Å². The minimum atomic E-state index is -4.07. The molecule has 0 radical (unpaired) electrons. The van der Waals surface area contributed by atoms with Gasteiger partial charge in [-0.05, 0) is 48.7 Å². The molecule has 0 aliphatic rings. The van der Waals surface area contributed by atoms with Crippen LogP contribution in [0.2, 0.25) is 0 Å². The van der Waals surface area contributed by atoms with E-state index in [0.717, 1.165) is 0 Å². The summed E-state index contributed by atoms with van der Waals surface area (Å²) < 4.78 is 41.0. The Morgan fingerprint density at radius 3 is 2.16 bits per heavy atom. The van der Waals surface area contributed by atoms with E-state index in [4.69, 9.17) is 3.97 Å². The summed E-state index contributed by atoms with van der Waals surface area (Å²) in [5.41, 5.74) is 0. The molecular weight excluding hydrogens is 351 g/mol. The molecule has 0 spiro atoms. The van der Waals surface area contributed by atoms with Crippen molar-refractivity contribution in [3.05, 3.63) is 59.1 Å². The molecule has 0 N–H and O–H groups in total. The first-order chi connectivity index (χ1) is 9.00. The second kappa shape index (κ2) is 5.92. The number of halogens is 1. The Balaban J connectivity index is 2.29. The molecule has 2 aromatic rings. The summed E-state index contributed by atoms with van der Waals surface area (Å²) in [6.45, 7) is 0. The summed E-state index contributed by atoms with van der Waals surface area (Å²) in [6, 6.07) is 14.4. The molecule has 98 valence electrons. The van der Waals surface area contributed by atoms with Gasteiger partial charge < -0.3 is 0 Å². The van der Waals surface area contributed by atoms with Crippen molar-refractivity contribution in [2.45, 2.75) is 4.90 Å². The minimum absolute atomic E-state index is 0.0470. The normalized spacial score (nSPS) is 12.2. The van der Waals surface area contributed by atoms with Crippen molar-refractivity contribution in [3.8, 4) is 0 Å². The second-order valence-corrected chi connectivity index (χ2v) is 7.38. The van der Waals surface area contributed by atoms with Crippen molar-refractivity contribution in [2.75, 3.05) is 0 Å². The molecule has 2 rings (SSSR count). The van der Waals surface area contributed by atoms with Crippen LogP contribution in [0.5, 0.6) is 0 Å². The van der Waals surface area contributed by atoms with E-state index in [1.54, 1.807) is 48.5 Å². The Morgan fingerprint density at radius 1 is 0.947 bits per heavy atom. The predicted molar refractivity (Wildman–Crippen MR) is 76.1 cm³/mol. The third kappa shape index (κ3) is 3.48. The summed E-state index contributed by atoms with van der Waals surface area (Å²) in [5.74, 6) is 0. The summed E-state index contributed by atoms with van der Waals surface area (Å²) in [4.78, 5) is -0.0470. The number of benzene rings is 2. The first-order valence-electron chi connectivity index (χ1n) is 5.22. The first-order valence-corrected chi connectivity index (χ1v) is 8.60. The molecule has 0 bridgehead atoms. The van der Waals surface area contributed by atoms with E-state index in [1.165, 1.54) is 6.07 Å². The van der Waals surface area contributed by atoms with Crippen molar-refractivity contribution in [2.24, 2.45) is 0 Å². The van der Waals surface area contributed by atoms with Gasteiger partial charge in [0, 0.05) is 4.47 Å². The number of hydrogen-bond acceptors (Lipinski definition) is 4. The van der Waals surface area contributed by atoms with Crippen LogP contribution in [0.1, 0.15) is 0 Å². The van der Waals surface area contributed by atoms with Crippen LogP contribution in [0.3, 0.4) is 0 Å². The molecule has 1 atom stereocenters. The lowest BCUT2D eigenvalue weighted by molar-refractivity contribution is 0.480. The van der Waals surface area contributed by atoms with E-state index in [9.17, 15) is 13.0 Å². The zero-order valence-corrected chi connectivity index (χ0v) is 12.9. The lowest BCUT2D eigenvalue weighted by Gasteiger charge is -1.99. The minimum Gasteiger partial charge on any atom is -0.190 e. The fourth-order valence-electron chi connectivity index (χ4n) is 1.37. The molecule has 0 saturated heterocycles. The molecule has 4 nitrogen and oxygen atoms in total. The molecule has 0 heterocycles. The van der Waals surface area contributed by atoms with E-state index in [2.05, 4.69) is 15.9 Å². The lowest BCUT2D eigenvalue weighted by Crippen LogP contribution is -2.06. The van der Waals surface area contributed by atoms with Crippen LogP contribution in [-0.4, -0.2) is 8.42 Å². The van der Waals surface area contributed by atoms with Crippen molar-refractivity contribution < 1.29 is 17.0 Å². The Labute approximate surface area is 120 Å². The fourth-order valence-corrected chi connectivity index (χ4v) is 4.60. The van der Waals surface area contributed by atoms with Crippen LogP contribution in [0.4, 0.5) is 0 Å². The predicted octanol–water partition coefficient (Wildman–Crippen LogP) is 3.22. The maximum atomic E-state index is 12.0. The molecule has 0 aliphatic carbocycles. The molecule has 19 heavy (non-hydrogen) atoms. The van der Waals surface area contributed by atoms with Gasteiger partial charge in [0.1, 0.15) is 4.90 Å². The fraction of sp³-hybridized carbons (Fsp3) is 0. The van der Waals surface area contributed by atoms with Gasteiger partial charge in [-0.15, -0.1) is 0 Å². The average Bonchev–Trinajstić information content (AvgIpc) is 2.39. The quantitative estimate of drug-likeness (QED) is 0.786. The summed E-state index contributed by atoms with van der Waals surface area (Å²) in [6.07, 6.45) is 0. The third-order valence-electron chi connectivity index (χ3n) is 2.24. The molecule has 1 unspecified atom stereocenters. The van der Waals surface area contributed by atoms with Gasteiger partial charge in [0.2, 0.25) is 5.30 Å². The summed E-state index contributed by atoms with van der Waals surface area (Å²) in [7, 11) is -6.53. The molecule has 0 amide bonds. The van der Waals surface area contributed by atoms with Gasteiger partial charge in [0.15, 0.2) is 0 Å². The highest BCUT2D eigenvalue weighted by atomic mass is 79.9. The highest BCUT2D eigenvalue weighted by Gasteiger charge is 2.33. The first kappa shape index (κ1) is 14.3. The second-order valence-electron chi connectivity index (χ2n) is 3.55. The van der Waals surface area contributed by atoms with Gasteiger partial charge in [-0.2, -0.15) is 8.42 Å². The monoisotopic (exact) mass is 359 g/mol. The van der Waals surface area contributed by atoms with Crippen LogP contribution in [0.15, 0.2) is 64.0 Å². The third-order valence-corrected chi connectivity index (χ3v) is 6.13. The van der Waals surface area contributed by atoms with Crippen LogP contribution < -0.4 is 5.30 Å². The van der Waals surface area contributed by atoms with Crippen LogP contribution in [-0.2, 0) is 18.7 Å². The van der Waals surface area contributed by atoms with E-state index in [-0.39, 0.29) is 4.90 Å². The Kier molecular flexibility index (Phi) is 4.47. The maximum Gasteiger partial charge on any atom is 0.566 e.